The number of carbonyl (C=O) groups excluding carboxylic acids is 2. The maximum atomic E-state index is 13.0. The van der Waals surface area contributed by atoms with Crippen LogP contribution in [-0.2, 0) is 14.8 Å². The summed E-state index contributed by atoms with van der Waals surface area (Å²) in [4.78, 5) is 39.5. The molecule has 31 heavy (non-hydrogen) atoms. The van der Waals surface area contributed by atoms with Gasteiger partial charge in [0.25, 0.3) is 5.91 Å². The Kier molecular flexibility index (Phi) is 5.65. The number of thiazole rings is 1. The number of carbonyl (C=O) groups is 2. The van der Waals surface area contributed by atoms with Gasteiger partial charge in [0.2, 0.25) is 15.9 Å². The molecule has 0 aliphatic carbocycles. The van der Waals surface area contributed by atoms with Gasteiger partial charge in [0.05, 0.1) is 15.1 Å². The zero-order valence-corrected chi connectivity index (χ0v) is 18.3. The molecule has 0 unspecified atom stereocenters. The van der Waals surface area contributed by atoms with Gasteiger partial charge in [-0.1, -0.05) is 11.3 Å². The molecule has 0 saturated carbocycles. The fraction of sp³-hybridized carbons (Fsp3) is 0.250. The first-order valence-corrected chi connectivity index (χ1v) is 11.8. The predicted molar refractivity (Wildman–Crippen MR) is 118 cm³/mol. The van der Waals surface area contributed by atoms with Crippen LogP contribution in [-0.4, -0.2) is 60.6 Å². The molecule has 3 aromatic rings. The van der Waals surface area contributed by atoms with Gasteiger partial charge in [-0.2, -0.15) is 4.31 Å². The van der Waals surface area contributed by atoms with Crippen molar-refractivity contribution in [1.29, 1.82) is 0 Å². The maximum Gasteiger partial charge on any atom is 0.305 e. The quantitative estimate of drug-likeness (QED) is 0.614. The number of anilines is 1. The summed E-state index contributed by atoms with van der Waals surface area (Å²) >= 11 is 0.965. The molecule has 2 N–H and O–H groups in total. The van der Waals surface area contributed by atoms with Crippen molar-refractivity contribution in [2.24, 2.45) is 0 Å². The monoisotopic (exact) mass is 460 g/mol. The Balaban J connectivity index is 1.44. The van der Waals surface area contributed by atoms with Crippen LogP contribution in [0.4, 0.5) is 5.69 Å². The fourth-order valence-corrected chi connectivity index (χ4v) is 5.75. The van der Waals surface area contributed by atoms with Gasteiger partial charge in [0.15, 0.2) is 0 Å². The normalized spacial score (nSPS) is 15.2. The molecule has 11 heteroatoms. The van der Waals surface area contributed by atoms with E-state index in [4.69, 9.17) is 0 Å². The van der Waals surface area contributed by atoms with E-state index in [0.29, 0.717) is 21.5 Å². The molecule has 2 aromatic carbocycles. The van der Waals surface area contributed by atoms with Gasteiger partial charge in [-0.05, 0) is 42.5 Å². The molecular formula is C20H20N4O5S2. The van der Waals surface area contributed by atoms with Gasteiger partial charge in [-0.15, -0.1) is 0 Å². The molecule has 9 nitrogen and oxygen atoms in total. The average Bonchev–Trinajstić information content (AvgIpc) is 3.12. The highest BCUT2D eigenvalue weighted by Crippen LogP contribution is 2.23. The van der Waals surface area contributed by atoms with Gasteiger partial charge < -0.3 is 15.2 Å². The summed E-state index contributed by atoms with van der Waals surface area (Å²) in [7, 11) is -3.73. The third-order valence-electron chi connectivity index (χ3n) is 5.01. The van der Waals surface area contributed by atoms with Crippen LogP contribution in [0.5, 0.6) is 0 Å². The van der Waals surface area contributed by atoms with E-state index < -0.39 is 10.0 Å². The highest BCUT2D eigenvalue weighted by atomic mass is 32.2. The number of hydrogen-bond donors (Lipinski definition) is 2. The molecule has 1 saturated heterocycles. The Morgan fingerprint density at radius 2 is 1.71 bits per heavy atom. The Morgan fingerprint density at radius 1 is 1.03 bits per heavy atom. The van der Waals surface area contributed by atoms with Crippen LogP contribution < -0.4 is 10.2 Å². The Labute approximate surface area is 182 Å². The Hall–Kier alpha value is -3.02. The van der Waals surface area contributed by atoms with Crippen LogP contribution in [0.15, 0.2) is 52.2 Å². The lowest BCUT2D eigenvalue weighted by Crippen LogP contribution is -2.50. The molecule has 162 valence electrons. The first-order chi connectivity index (χ1) is 14.7. The average molecular weight is 461 g/mol. The number of hydrogen-bond acceptors (Lipinski definition) is 6. The number of rotatable bonds is 4. The summed E-state index contributed by atoms with van der Waals surface area (Å²) in [5, 5.41) is 2.65. The number of aromatic nitrogens is 1. The fourth-order valence-electron chi connectivity index (χ4n) is 3.45. The van der Waals surface area contributed by atoms with Crippen molar-refractivity contribution in [3.8, 4) is 0 Å². The standard InChI is InChI=1S/C20H20N4O5S2/c1-13(25)21-15-4-2-14(3-5-15)19(26)23-8-10-24(11-9-23)31(28,29)16-6-7-17-18(12-16)30-20(27)22-17/h2-7,12H,8-11H2,1H3,(H,21,25)(H,22,27). The number of H-pyrrole nitrogens is 1. The summed E-state index contributed by atoms with van der Waals surface area (Å²) in [6.45, 7) is 2.31. The van der Waals surface area contributed by atoms with Gasteiger partial charge >= 0.3 is 4.87 Å². The number of nitrogens with one attached hydrogen (secondary N) is 2. The second kappa shape index (κ2) is 8.25. The molecule has 0 radical (unpaired) electrons. The number of aromatic amines is 1. The van der Waals surface area contributed by atoms with Crippen LogP contribution in [0.1, 0.15) is 17.3 Å². The molecule has 1 aliphatic heterocycles. The summed E-state index contributed by atoms with van der Waals surface area (Å²) in [6, 6.07) is 11.1. The number of benzene rings is 2. The topological polar surface area (TPSA) is 120 Å². The van der Waals surface area contributed by atoms with Crippen molar-refractivity contribution >= 4 is 49.1 Å². The summed E-state index contributed by atoms with van der Waals surface area (Å²) in [6.07, 6.45) is 0. The predicted octanol–water partition coefficient (Wildman–Crippen LogP) is 1.69. The molecule has 1 fully saturated rings. The Morgan fingerprint density at radius 3 is 2.35 bits per heavy atom. The Bertz CT molecular complexity index is 1300. The molecule has 2 heterocycles. The van der Waals surface area contributed by atoms with Gasteiger partial charge in [-0.3, -0.25) is 14.4 Å². The highest BCUT2D eigenvalue weighted by molar-refractivity contribution is 7.89. The lowest BCUT2D eigenvalue weighted by atomic mass is 10.1. The number of nitrogens with zero attached hydrogens (tertiary/aromatic N) is 2. The van der Waals surface area contributed by atoms with E-state index in [0.717, 1.165) is 11.3 Å². The smallest absolute Gasteiger partial charge is 0.305 e. The largest absolute Gasteiger partial charge is 0.336 e. The van der Waals surface area contributed by atoms with Crippen LogP contribution >= 0.6 is 11.3 Å². The van der Waals surface area contributed by atoms with Crippen LogP contribution in [0.2, 0.25) is 0 Å². The maximum absolute atomic E-state index is 13.0. The number of sulfonamides is 1. The minimum Gasteiger partial charge on any atom is -0.336 e. The van der Waals surface area contributed by atoms with Gasteiger partial charge in [0.1, 0.15) is 0 Å². The second-order valence-corrected chi connectivity index (χ2v) is 10.1. The van der Waals surface area contributed by atoms with Gasteiger partial charge in [0, 0.05) is 44.4 Å². The third-order valence-corrected chi connectivity index (χ3v) is 7.75. The lowest BCUT2D eigenvalue weighted by molar-refractivity contribution is -0.114. The molecule has 4 rings (SSSR count). The second-order valence-electron chi connectivity index (χ2n) is 7.13. The third kappa shape index (κ3) is 4.38. The van der Waals surface area contributed by atoms with Crippen molar-refractivity contribution in [3.05, 3.63) is 57.7 Å². The van der Waals surface area contributed by atoms with Crippen LogP contribution in [0.25, 0.3) is 10.2 Å². The van der Waals surface area contributed by atoms with Crippen LogP contribution in [0.3, 0.4) is 0 Å². The summed E-state index contributed by atoms with van der Waals surface area (Å²) in [5.74, 6) is -0.383. The van der Waals surface area contributed by atoms with E-state index in [2.05, 4.69) is 10.3 Å². The molecular weight excluding hydrogens is 440 g/mol. The van der Waals surface area contributed by atoms with Crippen molar-refractivity contribution in [2.45, 2.75) is 11.8 Å². The van der Waals surface area contributed by atoms with E-state index in [1.807, 2.05) is 0 Å². The van der Waals surface area contributed by atoms with Gasteiger partial charge in [-0.25, -0.2) is 8.42 Å². The molecule has 1 aliphatic rings. The van der Waals surface area contributed by atoms with Crippen molar-refractivity contribution < 1.29 is 18.0 Å². The van der Waals surface area contributed by atoms with Crippen molar-refractivity contribution in [1.82, 2.24) is 14.2 Å². The molecule has 0 spiro atoms. The zero-order valence-electron chi connectivity index (χ0n) is 16.6. The minimum atomic E-state index is -3.73. The molecule has 1 aromatic heterocycles. The van der Waals surface area contributed by atoms with Crippen LogP contribution in [0, 0.1) is 0 Å². The first-order valence-electron chi connectivity index (χ1n) is 9.54. The van der Waals surface area contributed by atoms with Crippen molar-refractivity contribution in [2.75, 3.05) is 31.5 Å². The van der Waals surface area contributed by atoms with E-state index >= 15 is 0 Å². The summed E-state index contributed by atoms with van der Waals surface area (Å²) in [5.41, 5.74) is 1.68. The molecule has 0 atom stereocenters. The minimum absolute atomic E-state index is 0.128. The first kappa shape index (κ1) is 21.2. The highest BCUT2D eigenvalue weighted by Gasteiger charge is 2.30. The van der Waals surface area contributed by atoms with E-state index in [9.17, 15) is 22.8 Å². The van der Waals surface area contributed by atoms with E-state index in [1.165, 1.54) is 23.4 Å². The molecule has 0 bridgehead atoms. The summed E-state index contributed by atoms with van der Waals surface area (Å²) < 4.78 is 28.0. The van der Waals surface area contributed by atoms with Crippen molar-refractivity contribution in [3.63, 3.8) is 0 Å². The lowest BCUT2D eigenvalue weighted by Gasteiger charge is -2.34. The number of piperazine rings is 1. The van der Waals surface area contributed by atoms with E-state index in [-0.39, 0.29) is 47.8 Å². The molecule has 2 amide bonds. The number of amides is 2. The number of fused-ring (bicyclic) bond motifs is 1. The van der Waals surface area contributed by atoms with E-state index in [1.54, 1.807) is 35.2 Å². The zero-order chi connectivity index (χ0) is 22.2. The SMILES string of the molecule is CC(=O)Nc1ccc(C(=O)N2CCN(S(=O)(=O)c3ccc4[nH]c(=O)sc4c3)CC2)cc1.